The fourth-order valence-corrected chi connectivity index (χ4v) is 14.0. The molecule has 5 saturated carbocycles. The predicted molar refractivity (Wildman–Crippen MR) is 213 cm³/mol. The van der Waals surface area contributed by atoms with E-state index in [4.69, 9.17) is 9.47 Å². The molecule has 2 aliphatic heterocycles. The summed E-state index contributed by atoms with van der Waals surface area (Å²) in [7, 11) is 0. The van der Waals surface area contributed by atoms with Gasteiger partial charge in [0.05, 0.1) is 11.1 Å². The number of ether oxygens (including phenoxy) is 2. The third kappa shape index (κ3) is 4.57. The Morgan fingerprint density at radius 1 is 0.455 bits per heavy atom. The van der Waals surface area contributed by atoms with Crippen LogP contribution in [0.4, 0.5) is 0 Å². The summed E-state index contributed by atoms with van der Waals surface area (Å²) < 4.78 is 14.6. The first kappa shape index (κ1) is 33.4. The molecule has 0 aromatic heterocycles. The molecule has 5 fully saturated rings. The molecule has 8 atom stereocenters. The molecule has 12 rings (SSSR count). The van der Waals surface area contributed by atoms with Gasteiger partial charge in [0, 0.05) is 28.6 Å². The molecule has 2 heterocycles. The fourth-order valence-electron chi connectivity index (χ4n) is 14.0. The molecule has 0 radical (unpaired) electrons. The zero-order valence-electron chi connectivity index (χ0n) is 31.3. The molecular formula is C51H48O4. The van der Waals surface area contributed by atoms with Gasteiger partial charge in [-0.25, -0.2) is 9.59 Å². The molecular weight excluding hydrogens is 677 g/mol. The van der Waals surface area contributed by atoms with Gasteiger partial charge in [-0.1, -0.05) is 134 Å². The molecule has 55 heavy (non-hydrogen) atoms. The summed E-state index contributed by atoms with van der Waals surface area (Å²) in [4.78, 5) is 29.4. The molecule has 5 aliphatic carbocycles. The Kier molecular flexibility index (Phi) is 7.45. The minimum atomic E-state index is -0.996. The van der Waals surface area contributed by atoms with Crippen LogP contribution in [0.3, 0.4) is 0 Å². The van der Waals surface area contributed by atoms with Gasteiger partial charge in [0.15, 0.2) is 11.2 Å². The number of fused-ring (bicyclic) bond motifs is 5. The van der Waals surface area contributed by atoms with Crippen LogP contribution in [0.25, 0.3) is 0 Å². The van der Waals surface area contributed by atoms with Crippen molar-refractivity contribution in [1.82, 2.24) is 0 Å². The van der Waals surface area contributed by atoms with Crippen LogP contribution in [-0.2, 0) is 20.3 Å². The highest BCUT2D eigenvalue weighted by Crippen LogP contribution is 2.78. The second-order valence-electron chi connectivity index (χ2n) is 17.9. The minimum absolute atomic E-state index is 0.00947. The van der Waals surface area contributed by atoms with Gasteiger partial charge in [-0.2, -0.15) is 0 Å². The molecule has 5 aromatic rings. The van der Waals surface area contributed by atoms with E-state index in [0.29, 0.717) is 35.3 Å². The standard InChI is InChI=1S/C51H48O4/c52-46-34-24-26-35(27-25-34)47(53)55-51(43-32-48(38-15-5-1-6-16-38,39-17-7-2-8-18-39)30-36-14-13-23-42(36)43)44-33-49(40-19-9-3-10-20-40,41-21-11-4-12-22-41)31-37-28-29-50(51,54-46)45(37)44/h1-12,15-22,24-27,36-37,42-45H,13-14,23,28-33H2. The summed E-state index contributed by atoms with van der Waals surface area (Å²) in [5, 5.41) is 0. The van der Waals surface area contributed by atoms with Crippen molar-refractivity contribution >= 4 is 11.9 Å². The van der Waals surface area contributed by atoms with E-state index in [1.165, 1.54) is 22.3 Å². The van der Waals surface area contributed by atoms with E-state index in [9.17, 15) is 9.59 Å². The highest BCUT2D eigenvalue weighted by molar-refractivity contribution is 5.94. The lowest BCUT2D eigenvalue weighted by molar-refractivity contribution is -0.337. The average molecular weight is 725 g/mol. The van der Waals surface area contributed by atoms with Gasteiger partial charge in [0.1, 0.15) is 0 Å². The van der Waals surface area contributed by atoms with Crippen molar-refractivity contribution in [3.8, 4) is 0 Å². The number of carbonyl (C=O) groups is 2. The summed E-state index contributed by atoms with van der Waals surface area (Å²) >= 11 is 0. The topological polar surface area (TPSA) is 52.6 Å². The number of benzene rings is 5. The second-order valence-corrected chi connectivity index (χ2v) is 17.9. The molecule has 276 valence electrons. The lowest BCUT2D eigenvalue weighted by Crippen LogP contribution is -2.82. The lowest BCUT2D eigenvalue weighted by atomic mass is 9.36. The zero-order valence-corrected chi connectivity index (χ0v) is 31.3. The minimum Gasteiger partial charge on any atom is -0.451 e. The van der Waals surface area contributed by atoms with Crippen LogP contribution >= 0.6 is 0 Å². The molecule has 2 bridgehead atoms. The van der Waals surface area contributed by atoms with E-state index >= 15 is 0 Å². The molecule has 0 N–H and O–H groups in total. The van der Waals surface area contributed by atoms with Gasteiger partial charge in [0.25, 0.3) is 0 Å². The van der Waals surface area contributed by atoms with Crippen LogP contribution in [0.1, 0.15) is 101 Å². The van der Waals surface area contributed by atoms with Crippen LogP contribution < -0.4 is 0 Å². The van der Waals surface area contributed by atoms with Crippen molar-refractivity contribution < 1.29 is 19.1 Å². The molecule has 5 aromatic carbocycles. The van der Waals surface area contributed by atoms with Gasteiger partial charge in [0.2, 0.25) is 0 Å². The van der Waals surface area contributed by atoms with Crippen LogP contribution in [0.2, 0.25) is 0 Å². The Hall–Kier alpha value is -4.96. The van der Waals surface area contributed by atoms with Crippen molar-refractivity contribution in [2.24, 2.45) is 35.5 Å². The van der Waals surface area contributed by atoms with Crippen molar-refractivity contribution in [3.63, 3.8) is 0 Å². The van der Waals surface area contributed by atoms with Crippen molar-refractivity contribution in [2.75, 3.05) is 0 Å². The Balaban J connectivity index is 1.17. The molecule has 0 saturated heterocycles. The van der Waals surface area contributed by atoms with E-state index in [2.05, 4.69) is 121 Å². The van der Waals surface area contributed by atoms with Crippen molar-refractivity contribution in [3.05, 3.63) is 179 Å². The summed E-state index contributed by atoms with van der Waals surface area (Å²) in [6.07, 6.45) is 8.81. The summed E-state index contributed by atoms with van der Waals surface area (Å²) in [6.45, 7) is 0. The van der Waals surface area contributed by atoms with E-state index in [-0.39, 0.29) is 40.5 Å². The van der Waals surface area contributed by atoms with Crippen molar-refractivity contribution in [1.29, 1.82) is 0 Å². The monoisotopic (exact) mass is 724 g/mol. The number of rotatable bonds is 5. The Morgan fingerprint density at radius 3 is 1.42 bits per heavy atom. The van der Waals surface area contributed by atoms with Gasteiger partial charge >= 0.3 is 11.9 Å². The molecule has 1 spiro atoms. The van der Waals surface area contributed by atoms with Crippen LogP contribution in [0.5, 0.6) is 0 Å². The lowest BCUT2D eigenvalue weighted by Gasteiger charge is -2.73. The van der Waals surface area contributed by atoms with Crippen molar-refractivity contribution in [2.45, 2.75) is 79.8 Å². The summed E-state index contributed by atoms with van der Waals surface area (Å²) in [5.41, 5.74) is 3.87. The summed E-state index contributed by atoms with van der Waals surface area (Å²) in [6, 6.07) is 51.4. The van der Waals surface area contributed by atoms with Gasteiger partial charge < -0.3 is 9.47 Å². The SMILES string of the molecule is O=C1OC23CCC4CC(c5ccccc5)(c5ccccc5)CC(C42)C3(C2CC(c3ccccc3)(c3ccccc3)CC3CCCC32)OC(=O)c2ccc1cc2. The Labute approximate surface area is 324 Å². The average Bonchev–Trinajstić information content (AvgIpc) is 3.87. The maximum absolute atomic E-state index is 14.9. The third-order valence-corrected chi connectivity index (χ3v) is 15.9. The number of esters is 2. The number of hydrogen-bond donors (Lipinski definition) is 0. The Morgan fingerprint density at radius 2 is 0.909 bits per heavy atom. The maximum atomic E-state index is 14.9. The first-order valence-corrected chi connectivity index (χ1v) is 20.8. The molecule has 7 aliphatic rings. The first-order chi connectivity index (χ1) is 27.0. The highest BCUT2D eigenvalue weighted by atomic mass is 16.6. The normalized spacial score (nSPS) is 33.6. The first-order valence-electron chi connectivity index (χ1n) is 20.8. The van der Waals surface area contributed by atoms with Gasteiger partial charge in [-0.05, 0) is 109 Å². The molecule has 4 heteroatoms. The van der Waals surface area contributed by atoms with Crippen LogP contribution in [-0.4, -0.2) is 23.1 Å². The van der Waals surface area contributed by atoms with Crippen LogP contribution in [0, 0.1) is 35.5 Å². The molecule has 0 amide bonds. The fraction of sp³-hybridized carbons (Fsp3) is 0.373. The van der Waals surface area contributed by atoms with E-state index in [1.54, 1.807) is 24.3 Å². The Bertz CT molecular complexity index is 2160. The van der Waals surface area contributed by atoms with E-state index < -0.39 is 11.2 Å². The maximum Gasteiger partial charge on any atom is 0.338 e. The predicted octanol–water partition coefficient (Wildman–Crippen LogP) is 10.7. The smallest absolute Gasteiger partial charge is 0.338 e. The second kappa shape index (κ2) is 12.3. The van der Waals surface area contributed by atoms with E-state index in [1.807, 2.05) is 0 Å². The third-order valence-electron chi connectivity index (χ3n) is 15.9. The van der Waals surface area contributed by atoms with Crippen LogP contribution in [0.15, 0.2) is 146 Å². The molecule has 4 nitrogen and oxygen atoms in total. The van der Waals surface area contributed by atoms with Gasteiger partial charge in [-0.3, -0.25) is 0 Å². The zero-order chi connectivity index (χ0) is 36.8. The number of carbonyl (C=O) groups excluding carboxylic acids is 2. The quantitative estimate of drug-likeness (QED) is 0.169. The summed E-state index contributed by atoms with van der Waals surface area (Å²) in [5.74, 6) is 0.683. The van der Waals surface area contributed by atoms with E-state index in [0.717, 1.165) is 51.4 Å². The van der Waals surface area contributed by atoms with Gasteiger partial charge in [-0.15, -0.1) is 0 Å². The largest absolute Gasteiger partial charge is 0.451 e. The number of hydrogen-bond acceptors (Lipinski definition) is 4. The highest BCUT2D eigenvalue weighted by Gasteiger charge is 2.85. The molecule has 8 unspecified atom stereocenters.